The molecule has 0 atom stereocenters. The summed E-state index contributed by atoms with van der Waals surface area (Å²) in [5.74, 6) is 0.710. The van der Waals surface area contributed by atoms with Crippen molar-refractivity contribution in [3.8, 4) is 17.9 Å². The largest absolute Gasteiger partial charge is 0.483 e. The lowest BCUT2D eigenvalue weighted by Gasteiger charge is -2.18. The molecule has 1 heterocycles. The predicted molar refractivity (Wildman–Crippen MR) is 90.2 cm³/mol. The number of ether oxygens (including phenoxy) is 1. The van der Waals surface area contributed by atoms with Gasteiger partial charge in [-0.1, -0.05) is 0 Å². The Hall–Kier alpha value is -2.99. The van der Waals surface area contributed by atoms with E-state index >= 15 is 0 Å². The van der Waals surface area contributed by atoms with Gasteiger partial charge in [0.25, 0.3) is 5.91 Å². The third kappa shape index (κ3) is 4.27. The molecule has 6 nitrogen and oxygen atoms in total. The Labute approximate surface area is 141 Å². The van der Waals surface area contributed by atoms with Crippen molar-refractivity contribution in [1.82, 2.24) is 4.90 Å². The first-order valence-electron chi connectivity index (χ1n) is 7.84. The number of hydrogen-bond donors (Lipinski definition) is 1. The quantitative estimate of drug-likeness (QED) is 0.841. The first-order chi connectivity index (χ1) is 11.5. The smallest absolute Gasteiger partial charge is 0.260 e. The molecule has 6 heteroatoms. The average molecular weight is 324 g/mol. The second-order valence-electron chi connectivity index (χ2n) is 5.74. The monoisotopic (exact) mass is 324 g/mol. The van der Waals surface area contributed by atoms with Gasteiger partial charge in [0, 0.05) is 25.0 Å². The highest BCUT2D eigenvalue weighted by atomic mass is 16.5. The highest BCUT2D eigenvalue weighted by molar-refractivity contribution is 5.78. The van der Waals surface area contributed by atoms with Crippen molar-refractivity contribution in [3.05, 3.63) is 35.0 Å². The summed E-state index contributed by atoms with van der Waals surface area (Å²) in [5.41, 5.74) is 2.53. The SMILES string of the molecule is Cc1cc(NC=C(C#N)C#N)cc(C)c1OCC(=O)N1CCCC1. The van der Waals surface area contributed by atoms with E-state index in [1.165, 1.54) is 6.20 Å². The number of nitrogens with one attached hydrogen (secondary N) is 1. The van der Waals surface area contributed by atoms with Crippen LogP contribution in [-0.2, 0) is 4.79 Å². The first kappa shape index (κ1) is 17.4. The van der Waals surface area contributed by atoms with Gasteiger partial charge in [-0.15, -0.1) is 0 Å². The molecule has 1 N–H and O–H groups in total. The van der Waals surface area contributed by atoms with E-state index < -0.39 is 0 Å². The Morgan fingerprint density at radius 1 is 1.25 bits per heavy atom. The standard InChI is InChI=1S/C18H20N4O2/c1-13-7-16(21-11-15(9-19)10-20)8-14(2)18(13)24-12-17(23)22-5-3-4-6-22/h7-8,11,21H,3-6,12H2,1-2H3. The number of carbonyl (C=O) groups excluding carboxylic acids is 1. The Balaban J connectivity index is 2.04. The fourth-order valence-corrected chi connectivity index (χ4v) is 2.70. The lowest BCUT2D eigenvalue weighted by molar-refractivity contribution is -0.132. The summed E-state index contributed by atoms with van der Waals surface area (Å²) >= 11 is 0. The van der Waals surface area contributed by atoms with Gasteiger partial charge < -0.3 is 15.0 Å². The zero-order valence-corrected chi connectivity index (χ0v) is 13.9. The topological polar surface area (TPSA) is 89.1 Å². The van der Waals surface area contributed by atoms with Gasteiger partial charge in [-0.25, -0.2) is 0 Å². The second-order valence-corrected chi connectivity index (χ2v) is 5.74. The molecule has 1 amide bonds. The number of hydrogen-bond acceptors (Lipinski definition) is 5. The van der Waals surface area contributed by atoms with Crippen LogP contribution in [0.15, 0.2) is 23.9 Å². The second kappa shape index (κ2) is 8.03. The van der Waals surface area contributed by atoms with Crippen LogP contribution < -0.4 is 10.1 Å². The van der Waals surface area contributed by atoms with Crippen LogP contribution in [0.3, 0.4) is 0 Å². The van der Waals surface area contributed by atoms with Gasteiger partial charge in [0.15, 0.2) is 6.61 Å². The number of benzene rings is 1. The minimum Gasteiger partial charge on any atom is -0.483 e. The van der Waals surface area contributed by atoms with Crippen LogP contribution in [0.2, 0.25) is 0 Å². The zero-order chi connectivity index (χ0) is 17.5. The molecule has 0 unspecified atom stereocenters. The molecule has 1 aromatic rings. The Kier molecular flexibility index (Phi) is 5.81. The molecule has 124 valence electrons. The molecule has 0 aromatic heterocycles. The number of carbonyl (C=O) groups is 1. The van der Waals surface area contributed by atoms with Gasteiger partial charge in [-0.2, -0.15) is 10.5 Å². The van der Waals surface area contributed by atoms with Crippen LogP contribution in [0.25, 0.3) is 0 Å². The van der Waals surface area contributed by atoms with Gasteiger partial charge in [-0.3, -0.25) is 4.79 Å². The summed E-state index contributed by atoms with van der Waals surface area (Å²) in [4.78, 5) is 13.9. The lowest BCUT2D eigenvalue weighted by Crippen LogP contribution is -2.32. The highest BCUT2D eigenvalue weighted by Crippen LogP contribution is 2.27. The molecule has 24 heavy (non-hydrogen) atoms. The van der Waals surface area contributed by atoms with Crippen molar-refractivity contribution < 1.29 is 9.53 Å². The third-order valence-corrected chi connectivity index (χ3v) is 3.88. The molecule has 0 bridgehead atoms. The molecule has 1 saturated heterocycles. The molecular formula is C18H20N4O2. The fourth-order valence-electron chi connectivity index (χ4n) is 2.70. The number of rotatable bonds is 5. The van der Waals surface area contributed by atoms with E-state index in [9.17, 15) is 4.79 Å². The van der Waals surface area contributed by atoms with E-state index in [1.807, 2.05) is 30.9 Å². The summed E-state index contributed by atoms with van der Waals surface area (Å²) in [7, 11) is 0. The molecule has 0 saturated carbocycles. The average Bonchev–Trinajstić information content (AvgIpc) is 3.09. The van der Waals surface area contributed by atoms with E-state index in [4.69, 9.17) is 15.3 Å². The van der Waals surface area contributed by atoms with Gasteiger partial charge in [0.2, 0.25) is 0 Å². The van der Waals surface area contributed by atoms with Crippen LogP contribution in [-0.4, -0.2) is 30.5 Å². The zero-order valence-electron chi connectivity index (χ0n) is 13.9. The van der Waals surface area contributed by atoms with E-state index in [2.05, 4.69) is 5.32 Å². The molecule has 1 aromatic carbocycles. The predicted octanol–water partition coefficient (Wildman–Crippen LogP) is 2.65. The molecule has 0 aliphatic carbocycles. The number of amides is 1. The minimum absolute atomic E-state index is 0.00171. The minimum atomic E-state index is 0.00171. The summed E-state index contributed by atoms with van der Waals surface area (Å²) in [6, 6.07) is 7.29. The number of allylic oxidation sites excluding steroid dienone is 1. The highest BCUT2D eigenvalue weighted by Gasteiger charge is 2.18. The van der Waals surface area contributed by atoms with Crippen molar-refractivity contribution in [1.29, 1.82) is 10.5 Å². The van der Waals surface area contributed by atoms with E-state index in [0.29, 0.717) is 5.75 Å². The van der Waals surface area contributed by atoms with E-state index in [0.717, 1.165) is 42.7 Å². The van der Waals surface area contributed by atoms with Crippen LogP contribution in [0.4, 0.5) is 5.69 Å². The Morgan fingerprint density at radius 3 is 2.38 bits per heavy atom. The van der Waals surface area contributed by atoms with E-state index in [-0.39, 0.29) is 18.1 Å². The summed E-state index contributed by atoms with van der Waals surface area (Å²) < 4.78 is 5.73. The molecular weight excluding hydrogens is 304 g/mol. The Morgan fingerprint density at radius 2 is 1.83 bits per heavy atom. The number of aryl methyl sites for hydroxylation is 2. The molecule has 2 rings (SSSR count). The van der Waals surface area contributed by atoms with E-state index in [1.54, 1.807) is 12.1 Å². The molecule has 1 aliphatic rings. The van der Waals surface area contributed by atoms with Gasteiger partial charge >= 0.3 is 0 Å². The molecule has 1 fully saturated rings. The lowest BCUT2D eigenvalue weighted by atomic mass is 10.1. The number of anilines is 1. The number of nitriles is 2. The summed E-state index contributed by atoms with van der Waals surface area (Å²) in [6.45, 7) is 5.46. The van der Waals surface area contributed by atoms with Crippen LogP contribution >= 0.6 is 0 Å². The summed E-state index contributed by atoms with van der Waals surface area (Å²) in [5, 5.41) is 20.4. The third-order valence-electron chi connectivity index (χ3n) is 3.88. The van der Waals surface area contributed by atoms with Gasteiger partial charge in [0.05, 0.1) is 0 Å². The maximum Gasteiger partial charge on any atom is 0.260 e. The van der Waals surface area contributed by atoms with Gasteiger partial charge in [-0.05, 0) is 49.9 Å². The Bertz CT molecular complexity index is 695. The van der Waals surface area contributed by atoms with Crippen molar-refractivity contribution in [3.63, 3.8) is 0 Å². The molecule has 0 spiro atoms. The van der Waals surface area contributed by atoms with Crippen molar-refractivity contribution >= 4 is 11.6 Å². The summed E-state index contributed by atoms with van der Waals surface area (Å²) in [6.07, 6.45) is 3.49. The number of likely N-dealkylation sites (tertiary alicyclic amines) is 1. The van der Waals surface area contributed by atoms with Gasteiger partial charge in [0.1, 0.15) is 23.5 Å². The maximum atomic E-state index is 12.1. The maximum absolute atomic E-state index is 12.1. The first-order valence-corrected chi connectivity index (χ1v) is 7.84. The molecule has 0 radical (unpaired) electrons. The van der Waals surface area contributed by atoms with Crippen LogP contribution in [0.5, 0.6) is 5.75 Å². The van der Waals surface area contributed by atoms with Crippen molar-refractivity contribution in [2.45, 2.75) is 26.7 Å². The number of nitrogens with zero attached hydrogens (tertiary/aromatic N) is 3. The van der Waals surface area contributed by atoms with Crippen LogP contribution in [0, 0.1) is 36.5 Å². The van der Waals surface area contributed by atoms with Crippen molar-refractivity contribution in [2.75, 3.05) is 25.0 Å². The fraction of sp³-hybridized carbons (Fsp3) is 0.389. The molecule has 1 aliphatic heterocycles. The normalized spacial score (nSPS) is 12.9. The van der Waals surface area contributed by atoms with Crippen molar-refractivity contribution in [2.24, 2.45) is 0 Å². The van der Waals surface area contributed by atoms with Crippen LogP contribution in [0.1, 0.15) is 24.0 Å².